The van der Waals surface area contributed by atoms with E-state index in [9.17, 15) is 9.59 Å². The molecule has 2 aliphatic rings. The first-order chi connectivity index (χ1) is 17.1. The van der Waals surface area contributed by atoms with Gasteiger partial charge in [0.2, 0.25) is 0 Å². The lowest BCUT2D eigenvalue weighted by molar-refractivity contribution is -0.00117. The predicted molar refractivity (Wildman–Crippen MR) is 138 cm³/mol. The molecule has 2 aromatic carbocycles. The number of para-hydroxylation sites is 1. The fourth-order valence-corrected chi connectivity index (χ4v) is 4.78. The third-order valence-corrected chi connectivity index (χ3v) is 6.72. The molecule has 0 radical (unpaired) electrons. The van der Waals surface area contributed by atoms with Crippen molar-refractivity contribution < 1.29 is 23.5 Å². The highest BCUT2D eigenvalue weighted by molar-refractivity contribution is 5.95. The van der Waals surface area contributed by atoms with Crippen LogP contribution in [0, 0.1) is 5.82 Å². The number of rotatable bonds is 4. The molecule has 0 aliphatic carbocycles. The molecule has 1 spiro atoms. The Morgan fingerprint density at radius 3 is 2.36 bits per heavy atom. The van der Waals surface area contributed by atoms with E-state index in [4.69, 9.17) is 9.47 Å². The van der Waals surface area contributed by atoms with Crippen LogP contribution in [0.4, 0.5) is 9.18 Å². The summed E-state index contributed by atoms with van der Waals surface area (Å²) in [4.78, 5) is 28.6. The van der Waals surface area contributed by atoms with Crippen LogP contribution in [-0.4, -0.2) is 59.2 Å². The normalized spacial score (nSPS) is 16.6. The van der Waals surface area contributed by atoms with Crippen molar-refractivity contribution in [3.63, 3.8) is 0 Å². The number of fused-ring (bicyclic) bond motifs is 1. The highest BCUT2D eigenvalue weighted by Crippen LogP contribution is 2.43. The van der Waals surface area contributed by atoms with Gasteiger partial charge in [0.05, 0.1) is 5.56 Å². The number of hydrogen-bond acceptors (Lipinski definition) is 4. The Hall–Kier alpha value is -3.35. The summed E-state index contributed by atoms with van der Waals surface area (Å²) in [6.45, 7) is 11.4. The molecule has 36 heavy (non-hydrogen) atoms. The summed E-state index contributed by atoms with van der Waals surface area (Å²) in [5.41, 5.74) is 1.33. The maximum atomic E-state index is 15.2. The summed E-state index contributed by atoms with van der Waals surface area (Å²) in [5.74, 6) is -0.121. The molecular formula is C29H35FN2O4. The first-order valence-corrected chi connectivity index (χ1v) is 12.6. The van der Waals surface area contributed by atoms with Crippen molar-refractivity contribution >= 4 is 17.6 Å². The van der Waals surface area contributed by atoms with Gasteiger partial charge >= 0.3 is 6.09 Å². The number of nitrogens with zero attached hydrogens (tertiary/aromatic N) is 2. The summed E-state index contributed by atoms with van der Waals surface area (Å²) in [6.07, 6.45) is 2.91. The van der Waals surface area contributed by atoms with Gasteiger partial charge in [-0.25, -0.2) is 9.18 Å². The number of benzene rings is 2. The largest absolute Gasteiger partial charge is 0.482 e. The molecule has 1 saturated heterocycles. The van der Waals surface area contributed by atoms with Gasteiger partial charge in [-0.15, -0.1) is 0 Å². The maximum absolute atomic E-state index is 15.2. The zero-order chi connectivity index (χ0) is 26.1. The predicted octanol–water partition coefficient (Wildman–Crippen LogP) is 5.90. The second kappa shape index (κ2) is 9.96. The fraction of sp³-hybridized carbons (Fsp3) is 0.448. The van der Waals surface area contributed by atoms with Crippen molar-refractivity contribution in [3.8, 4) is 5.75 Å². The van der Waals surface area contributed by atoms with E-state index in [0.717, 1.165) is 16.9 Å². The quantitative estimate of drug-likeness (QED) is 0.531. The van der Waals surface area contributed by atoms with Crippen LogP contribution in [0.15, 0.2) is 48.5 Å². The molecule has 7 heteroatoms. The molecule has 0 bridgehead atoms. The minimum absolute atomic E-state index is 0.0729. The minimum atomic E-state index is -0.617. The van der Waals surface area contributed by atoms with Crippen LogP contribution in [0.3, 0.4) is 0 Å². The third-order valence-electron chi connectivity index (χ3n) is 6.72. The van der Waals surface area contributed by atoms with E-state index in [1.807, 2.05) is 58.9 Å². The maximum Gasteiger partial charge on any atom is 0.410 e. The Morgan fingerprint density at radius 1 is 1.08 bits per heavy atom. The third kappa shape index (κ3) is 5.25. The van der Waals surface area contributed by atoms with Crippen molar-refractivity contribution in [2.24, 2.45) is 0 Å². The van der Waals surface area contributed by atoms with E-state index in [1.54, 1.807) is 21.9 Å². The molecule has 2 aliphatic heterocycles. The molecule has 2 aromatic rings. The number of amides is 2. The van der Waals surface area contributed by atoms with Crippen LogP contribution < -0.4 is 4.74 Å². The van der Waals surface area contributed by atoms with E-state index < -0.39 is 17.0 Å². The van der Waals surface area contributed by atoms with Crippen LogP contribution in [0.25, 0.3) is 5.57 Å². The Labute approximate surface area is 212 Å². The zero-order valence-electron chi connectivity index (χ0n) is 21.8. The molecule has 4 rings (SSSR count). The molecule has 6 nitrogen and oxygen atoms in total. The number of hydrogen-bond donors (Lipinski definition) is 0. The number of carbonyl (C=O) groups is 2. The van der Waals surface area contributed by atoms with E-state index >= 15 is 4.39 Å². The molecule has 192 valence electrons. The Morgan fingerprint density at radius 2 is 1.75 bits per heavy atom. The first kappa shape index (κ1) is 25.7. The molecule has 0 N–H and O–H groups in total. The molecule has 1 fully saturated rings. The zero-order valence-corrected chi connectivity index (χ0v) is 21.8. The topological polar surface area (TPSA) is 59.1 Å². The van der Waals surface area contributed by atoms with Gasteiger partial charge in [0, 0.05) is 44.6 Å². The summed E-state index contributed by atoms with van der Waals surface area (Å²) in [7, 11) is 0. The average molecular weight is 495 g/mol. The van der Waals surface area contributed by atoms with Gasteiger partial charge in [0.1, 0.15) is 22.8 Å². The van der Waals surface area contributed by atoms with Crippen molar-refractivity contribution in [3.05, 3.63) is 71.0 Å². The van der Waals surface area contributed by atoms with Crippen LogP contribution in [0.2, 0.25) is 0 Å². The first-order valence-electron chi connectivity index (χ1n) is 12.6. The van der Waals surface area contributed by atoms with Gasteiger partial charge in [-0.1, -0.05) is 24.3 Å². The number of likely N-dealkylation sites (tertiary alicyclic amines) is 1. The van der Waals surface area contributed by atoms with E-state index in [0.29, 0.717) is 44.6 Å². The standard InChI is InChI=1S/C29H35FN2O4/c1-6-31(7-2)26(33)22-13-12-20(18-24(22)30)23-19-29(35-25-11-9-8-10-21(23)25)14-16-32(17-15-29)27(34)36-28(3,4)5/h8-13,18-19H,6-7,14-17H2,1-5H3. The van der Waals surface area contributed by atoms with Crippen molar-refractivity contribution in [2.75, 3.05) is 26.2 Å². The summed E-state index contributed by atoms with van der Waals surface area (Å²) in [5, 5.41) is 0. The lowest BCUT2D eigenvalue weighted by Gasteiger charge is -2.43. The highest BCUT2D eigenvalue weighted by atomic mass is 19.1. The average Bonchev–Trinajstić information content (AvgIpc) is 2.83. The van der Waals surface area contributed by atoms with Gasteiger partial charge < -0.3 is 19.3 Å². The molecular weight excluding hydrogens is 459 g/mol. The van der Waals surface area contributed by atoms with Gasteiger partial charge in [-0.2, -0.15) is 0 Å². The Balaban J connectivity index is 1.64. The number of piperidine rings is 1. The summed E-state index contributed by atoms with van der Waals surface area (Å²) < 4.78 is 27.2. The van der Waals surface area contributed by atoms with Gasteiger partial charge in [0.25, 0.3) is 5.91 Å². The van der Waals surface area contributed by atoms with Gasteiger partial charge in [-0.05, 0) is 70.0 Å². The summed E-state index contributed by atoms with van der Waals surface area (Å²) >= 11 is 0. The Kier molecular flexibility index (Phi) is 7.12. The van der Waals surface area contributed by atoms with E-state index in [2.05, 4.69) is 6.08 Å². The molecule has 2 heterocycles. The molecule has 0 unspecified atom stereocenters. The Bertz CT molecular complexity index is 1170. The molecule has 0 saturated carbocycles. The molecule has 0 aromatic heterocycles. The van der Waals surface area contributed by atoms with Gasteiger partial charge in [-0.3, -0.25) is 4.79 Å². The second-order valence-electron chi connectivity index (χ2n) is 10.4. The smallest absolute Gasteiger partial charge is 0.410 e. The van der Waals surface area contributed by atoms with Gasteiger partial charge in [0.15, 0.2) is 0 Å². The second-order valence-corrected chi connectivity index (χ2v) is 10.4. The fourth-order valence-electron chi connectivity index (χ4n) is 4.78. The van der Waals surface area contributed by atoms with Crippen LogP contribution >= 0.6 is 0 Å². The van der Waals surface area contributed by atoms with Crippen molar-refractivity contribution in [2.45, 2.75) is 58.7 Å². The molecule has 2 amide bonds. The monoisotopic (exact) mass is 494 g/mol. The van der Waals surface area contributed by atoms with Crippen molar-refractivity contribution in [1.82, 2.24) is 9.80 Å². The highest BCUT2D eigenvalue weighted by Gasteiger charge is 2.41. The molecule has 0 atom stereocenters. The number of carbonyl (C=O) groups excluding carboxylic acids is 2. The summed E-state index contributed by atoms with van der Waals surface area (Å²) in [6, 6.07) is 12.5. The number of ether oxygens (including phenoxy) is 2. The van der Waals surface area contributed by atoms with Crippen LogP contribution in [-0.2, 0) is 4.74 Å². The lowest BCUT2D eigenvalue weighted by atomic mass is 9.83. The van der Waals surface area contributed by atoms with E-state index in [-0.39, 0.29) is 17.6 Å². The van der Waals surface area contributed by atoms with Crippen LogP contribution in [0.1, 0.15) is 68.9 Å². The lowest BCUT2D eigenvalue weighted by Crippen LogP contribution is -2.50. The van der Waals surface area contributed by atoms with E-state index in [1.165, 1.54) is 6.07 Å². The minimum Gasteiger partial charge on any atom is -0.482 e. The SMILES string of the molecule is CCN(CC)C(=O)c1ccc(C2=CC3(CCN(C(=O)OC(C)(C)C)CC3)Oc3ccccc32)cc1F. The van der Waals surface area contributed by atoms with Crippen molar-refractivity contribution in [1.29, 1.82) is 0 Å². The van der Waals surface area contributed by atoms with Crippen LogP contribution in [0.5, 0.6) is 5.75 Å². The number of halogens is 1.